The largest absolute Gasteiger partial charge is 0.497 e. The number of methoxy groups -OCH3 is 2. The molecule has 7 heteroatoms. The molecule has 0 unspecified atom stereocenters. The van der Waals surface area contributed by atoms with Crippen LogP contribution in [0.5, 0.6) is 17.4 Å². The topological polar surface area (TPSA) is 69.0 Å². The summed E-state index contributed by atoms with van der Waals surface area (Å²) in [6.07, 6.45) is 1.56. The maximum Gasteiger partial charge on any atom is 0.227 e. The molecule has 1 atom stereocenters. The molecule has 0 aliphatic carbocycles. The van der Waals surface area contributed by atoms with Crippen LogP contribution in [-0.2, 0) is 11.3 Å². The van der Waals surface area contributed by atoms with Gasteiger partial charge in [-0.05, 0) is 50.2 Å². The van der Waals surface area contributed by atoms with Gasteiger partial charge in [-0.1, -0.05) is 24.3 Å². The first-order valence-electron chi connectivity index (χ1n) is 10.9. The van der Waals surface area contributed by atoms with Crippen LogP contribution in [0.1, 0.15) is 18.2 Å². The molecule has 1 heterocycles. The molecule has 0 saturated heterocycles. The zero-order chi connectivity index (χ0) is 23.8. The van der Waals surface area contributed by atoms with Crippen LogP contribution in [-0.4, -0.2) is 59.3 Å². The van der Waals surface area contributed by atoms with Crippen molar-refractivity contribution in [3.05, 3.63) is 78.5 Å². The van der Waals surface area contributed by atoms with E-state index in [1.807, 2.05) is 66.2 Å². The van der Waals surface area contributed by atoms with Crippen molar-refractivity contribution in [1.29, 1.82) is 0 Å². The Labute approximate surface area is 195 Å². The number of aryl methyl sites for hydroxylation is 1. The van der Waals surface area contributed by atoms with E-state index in [4.69, 9.17) is 19.3 Å². The Kier molecular flexibility index (Phi) is 8.27. The van der Waals surface area contributed by atoms with Crippen LogP contribution in [0.4, 0.5) is 0 Å². The minimum atomic E-state index is -1.03. The van der Waals surface area contributed by atoms with E-state index in [-0.39, 0.29) is 0 Å². The van der Waals surface area contributed by atoms with Gasteiger partial charge >= 0.3 is 0 Å². The Morgan fingerprint density at radius 2 is 1.76 bits per heavy atom. The van der Waals surface area contributed by atoms with E-state index in [1.165, 1.54) is 0 Å². The number of aliphatic hydroxyl groups is 1. The lowest BCUT2D eigenvalue weighted by atomic mass is 10.1. The first-order valence-corrected chi connectivity index (χ1v) is 10.9. The van der Waals surface area contributed by atoms with E-state index in [9.17, 15) is 5.11 Å². The second-order valence-electron chi connectivity index (χ2n) is 8.16. The fraction of sp³-hybridized carbons (Fsp3) is 0.346. The third-order valence-corrected chi connectivity index (χ3v) is 5.39. The molecule has 33 heavy (non-hydrogen) atoms. The summed E-state index contributed by atoms with van der Waals surface area (Å²) in [5, 5.41) is 15.4. The van der Waals surface area contributed by atoms with Gasteiger partial charge in [-0.2, -0.15) is 5.10 Å². The highest BCUT2D eigenvalue weighted by Crippen LogP contribution is 2.32. The van der Waals surface area contributed by atoms with Crippen molar-refractivity contribution >= 4 is 0 Å². The molecule has 3 rings (SSSR count). The van der Waals surface area contributed by atoms with E-state index in [2.05, 4.69) is 11.5 Å². The zero-order valence-corrected chi connectivity index (χ0v) is 19.8. The summed E-state index contributed by atoms with van der Waals surface area (Å²) < 4.78 is 18.8. The highest BCUT2D eigenvalue weighted by atomic mass is 16.5. The number of nitrogens with zero attached hydrogens (tertiary/aromatic N) is 3. The lowest BCUT2D eigenvalue weighted by molar-refractivity contribution is 0.0462. The first kappa shape index (κ1) is 24.5. The van der Waals surface area contributed by atoms with Crippen LogP contribution < -0.4 is 9.47 Å². The molecule has 1 N–H and O–H groups in total. The smallest absolute Gasteiger partial charge is 0.227 e. The Balaban J connectivity index is 2.01. The monoisotopic (exact) mass is 451 g/mol. The summed E-state index contributed by atoms with van der Waals surface area (Å²) in [6, 6.07) is 17.3. The highest BCUT2D eigenvalue weighted by Gasteiger charge is 2.25. The van der Waals surface area contributed by atoms with Gasteiger partial charge in [0.05, 0.1) is 36.3 Å². The Morgan fingerprint density at radius 1 is 1.09 bits per heavy atom. The molecule has 0 aliphatic heterocycles. The number of ether oxygens (including phenoxy) is 3. The Bertz CT molecular complexity index is 1030. The van der Waals surface area contributed by atoms with E-state index in [0.717, 1.165) is 22.7 Å². The maximum atomic E-state index is 10.6. The quantitative estimate of drug-likeness (QED) is 0.413. The molecule has 7 nitrogen and oxygen atoms in total. The molecule has 176 valence electrons. The second-order valence-corrected chi connectivity index (χ2v) is 8.16. The van der Waals surface area contributed by atoms with Gasteiger partial charge in [0.1, 0.15) is 11.5 Å². The molecule has 1 aromatic heterocycles. The molecule has 0 aliphatic rings. The number of para-hydroxylation sites is 1. The third kappa shape index (κ3) is 6.44. The maximum absolute atomic E-state index is 10.6. The summed E-state index contributed by atoms with van der Waals surface area (Å²) in [4.78, 5) is 2.12. The van der Waals surface area contributed by atoms with Crippen LogP contribution in [0.3, 0.4) is 0 Å². The fourth-order valence-corrected chi connectivity index (χ4v) is 3.50. The molecule has 2 aromatic carbocycles. The lowest BCUT2D eigenvalue weighted by Gasteiger charge is -2.29. The van der Waals surface area contributed by atoms with Crippen LogP contribution in [0, 0.1) is 6.92 Å². The predicted octanol–water partition coefficient (Wildman–Crippen LogP) is 4.37. The number of benzene rings is 2. The highest BCUT2D eigenvalue weighted by molar-refractivity contribution is 5.44. The molecule has 0 bridgehead atoms. The van der Waals surface area contributed by atoms with Crippen molar-refractivity contribution in [2.24, 2.45) is 0 Å². The van der Waals surface area contributed by atoms with Crippen molar-refractivity contribution in [3.8, 4) is 23.1 Å². The van der Waals surface area contributed by atoms with Gasteiger partial charge in [0.25, 0.3) is 0 Å². The van der Waals surface area contributed by atoms with E-state index in [1.54, 1.807) is 27.2 Å². The predicted molar refractivity (Wildman–Crippen MR) is 129 cm³/mol. The van der Waals surface area contributed by atoms with Gasteiger partial charge in [-0.3, -0.25) is 4.90 Å². The van der Waals surface area contributed by atoms with Gasteiger partial charge in [0, 0.05) is 26.7 Å². The van der Waals surface area contributed by atoms with Crippen molar-refractivity contribution in [3.63, 3.8) is 0 Å². The number of aromatic nitrogens is 2. The second kappa shape index (κ2) is 11.1. The van der Waals surface area contributed by atoms with Crippen LogP contribution in [0.2, 0.25) is 0 Å². The lowest BCUT2D eigenvalue weighted by Crippen LogP contribution is -2.40. The first-order chi connectivity index (χ1) is 15.9. The fourth-order valence-electron chi connectivity index (χ4n) is 3.50. The Morgan fingerprint density at radius 3 is 2.36 bits per heavy atom. The minimum absolute atomic E-state index is 0.401. The van der Waals surface area contributed by atoms with Gasteiger partial charge in [0.2, 0.25) is 5.88 Å². The SMILES string of the molecule is C=C[C@@](C)(O)CN(CCOC)Cc1c(C)nn(-c2ccccc2)c1Oc1ccc(OC)cc1. The molecule has 0 radical (unpaired) electrons. The number of hydrogen-bond acceptors (Lipinski definition) is 6. The molecular weight excluding hydrogens is 418 g/mol. The van der Waals surface area contributed by atoms with Crippen LogP contribution >= 0.6 is 0 Å². The summed E-state index contributed by atoms with van der Waals surface area (Å²) in [6.45, 7) is 9.57. The number of hydrogen-bond donors (Lipinski definition) is 1. The summed E-state index contributed by atoms with van der Waals surface area (Å²) in [5.74, 6) is 2.06. The van der Waals surface area contributed by atoms with Crippen LogP contribution in [0.15, 0.2) is 67.3 Å². The van der Waals surface area contributed by atoms with Gasteiger partial charge in [-0.25, -0.2) is 4.68 Å². The van der Waals surface area contributed by atoms with Crippen molar-refractivity contribution < 1.29 is 19.3 Å². The van der Waals surface area contributed by atoms with Crippen molar-refractivity contribution in [2.75, 3.05) is 33.9 Å². The summed E-state index contributed by atoms with van der Waals surface area (Å²) in [7, 11) is 3.30. The van der Waals surface area contributed by atoms with E-state index < -0.39 is 5.60 Å². The normalized spacial score (nSPS) is 13.0. The van der Waals surface area contributed by atoms with Gasteiger partial charge < -0.3 is 19.3 Å². The molecular formula is C26H33N3O4. The third-order valence-electron chi connectivity index (χ3n) is 5.39. The Hall–Kier alpha value is -3.13. The molecule has 3 aromatic rings. The molecule has 0 fully saturated rings. The van der Waals surface area contributed by atoms with Gasteiger partial charge in [0.15, 0.2) is 0 Å². The van der Waals surface area contributed by atoms with E-state index in [0.29, 0.717) is 37.9 Å². The zero-order valence-electron chi connectivity index (χ0n) is 19.8. The van der Waals surface area contributed by atoms with Gasteiger partial charge in [-0.15, -0.1) is 6.58 Å². The standard InChI is InChI=1S/C26H33N3O4/c1-6-26(3,30)19-28(16-17-31-4)18-24-20(2)27-29(21-10-8-7-9-11-21)25(24)33-23-14-12-22(32-5)13-15-23/h6-15,30H,1,16-19H2,2-5H3/t26-/m1/s1. The van der Waals surface area contributed by atoms with Crippen molar-refractivity contribution in [1.82, 2.24) is 14.7 Å². The average Bonchev–Trinajstić information content (AvgIpc) is 3.13. The summed E-state index contributed by atoms with van der Waals surface area (Å²) >= 11 is 0. The molecule has 0 saturated carbocycles. The number of rotatable bonds is 12. The molecule has 0 spiro atoms. The average molecular weight is 452 g/mol. The van der Waals surface area contributed by atoms with E-state index >= 15 is 0 Å². The van der Waals surface area contributed by atoms with Crippen LogP contribution in [0.25, 0.3) is 5.69 Å². The molecule has 0 amide bonds. The minimum Gasteiger partial charge on any atom is -0.497 e. The van der Waals surface area contributed by atoms with Crippen molar-refractivity contribution in [2.45, 2.75) is 26.0 Å². The summed E-state index contributed by atoms with van der Waals surface area (Å²) in [5.41, 5.74) is 1.65.